The van der Waals surface area contributed by atoms with E-state index in [1.165, 1.54) is 14.2 Å². The normalized spacial score (nSPS) is 16.8. The van der Waals surface area contributed by atoms with Gasteiger partial charge in [0.25, 0.3) is 5.91 Å². The number of hydrogen-bond acceptors (Lipinski definition) is 5. The third-order valence-electron chi connectivity index (χ3n) is 5.74. The highest BCUT2D eigenvalue weighted by Crippen LogP contribution is 2.50. The van der Waals surface area contributed by atoms with Crippen LogP contribution in [0.1, 0.15) is 26.3 Å². The summed E-state index contributed by atoms with van der Waals surface area (Å²) in [6, 6.07) is 18.7. The number of aryl methyl sites for hydroxylation is 1. The van der Waals surface area contributed by atoms with Crippen LogP contribution in [-0.2, 0) is 0 Å². The van der Waals surface area contributed by atoms with E-state index in [0.29, 0.717) is 17.0 Å². The molecule has 30 heavy (non-hydrogen) atoms. The number of fused-ring (bicyclic) bond motifs is 4. The first-order valence-electron chi connectivity index (χ1n) is 9.65. The Kier molecular flexibility index (Phi) is 4.03. The summed E-state index contributed by atoms with van der Waals surface area (Å²) in [7, 11) is 2.98. The Morgan fingerprint density at radius 1 is 0.767 bits per heavy atom. The second-order valence-electron chi connectivity index (χ2n) is 7.28. The summed E-state index contributed by atoms with van der Waals surface area (Å²) < 4.78 is 10.8. The van der Waals surface area contributed by atoms with E-state index in [0.717, 1.165) is 16.9 Å². The molecule has 0 bridgehead atoms. The Balaban J connectivity index is 1.78. The molecule has 0 saturated carbocycles. The fourth-order valence-corrected chi connectivity index (χ4v) is 4.40. The van der Waals surface area contributed by atoms with Crippen LogP contribution in [0.5, 0.6) is 11.5 Å². The molecule has 0 aromatic heterocycles. The van der Waals surface area contributed by atoms with Gasteiger partial charge in [0.05, 0.1) is 31.2 Å². The lowest BCUT2D eigenvalue weighted by atomic mass is 9.94. The Morgan fingerprint density at radius 3 is 2.03 bits per heavy atom. The number of carbonyl (C=O) groups is 2. The number of ether oxygens (including phenoxy) is 2. The maximum atomic E-state index is 13.7. The minimum absolute atomic E-state index is 0.162. The van der Waals surface area contributed by atoms with Crippen molar-refractivity contribution in [3.05, 3.63) is 77.4 Å². The zero-order chi connectivity index (χ0) is 21.0. The van der Waals surface area contributed by atoms with Crippen LogP contribution in [0, 0.1) is 6.92 Å². The van der Waals surface area contributed by atoms with Gasteiger partial charge >= 0.3 is 0 Å². The van der Waals surface area contributed by atoms with Gasteiger partial charge in [0.15, 0.2) is 17.7 Å². The van der Waals surface area contributed by atoms with Crippen molar-refractivity contribution >= 4 is 28.8 Å². The second kappa shape index (κ2) is 6.62. The third kappa shape index (κ3) is 2.30. The first kappa shape index (κ1) is 18.2. The molecule has 2 aliphatic rings. The second-order valence-corrected chi connectivity index (χ2v) is 7.28. The number of ketones is 1. The van der Waals surface area contributed by atoms with E-state index >= 15 is 0 Å². The summed E-state index contributed by atoms with van der Waals surface area (Å²) in [6.45, 7) is 2.00. The molecule has 3 aromatic rings. The van der Waals surface area contributed by atoms with Crippen LogP contribution in [0.15, 0.2) is 60.7 Å². The monoisotopic (exact) mass is 400 g/mol. The minimum atomic E-state index is -0.790. The number of amides is 1. The molecule has 0 aliphatic carbocycles. The maximum Gasteiger partial charge on any atom is 0.265 e. The predicted molar refractivity (Wildman–Crippen MR) is 114 cm³/mol. The molecular weight excluding hydrogens is 380 g/mol. The average molecular weight is 400 g/mol. The molecule has 1 amide bonds. The Hall–Kier alpha value is -3.80. The molecule has 2 aliphatic heterocycles. The molecule has 6 nitrogen and oxygen atoms in total. The summed E-state index contributed by atoms with van der Waals surface area (Å²) >= 11 is 0. The van der Waals surface area contributed by atoms with Crippen molar-refractivity contribution in [2.75, 3.05) is 24.0 Å². The molecule has 0 radical (unpaired) electrons. The largest absolute Gasteiger partial charge is 0.493 e. The molecule has 0 saturated heterocycles. The lowest BCUT2D eigenvalue weighted by Gasteiger charge is -2.35. The minimum Gasteiger partial charge on any atom is -0.493 e. The SMILES string of the molecule is COc1ccc2c(c1OC)C(=O)N1c3ccccc3N(c3ccccc3C)C1C2=O. The van der Waals surface area contributed by atoms with E-state index in [1.54, 1.807) is 17.0 Å². The van der Waals surface area contributed by atoms with Crippen LogP contribution in [0.3, 0.4) is 0 Å². The Morgan fingerprint density at radius 2 is 1.40 bits per heavy atom. The van der Waals surface area contributed by atoms with E-state index < -0.39 is 6.17 Å². The quantitative estimate of drug-likeness (QED) is 0.655. The van der Waals surface area contributed by atoms with E-state index in [4.69, 9.17) is 9.47 Å². The first-order chi connectivity index (χ1) is 14.6. The Labute approximate surface area is 174 Å². The van der Waals surface area contributed by atoms with Gasteiger partial charge in [0.1, 0.15) is 0 Å². The van der Waals surface area contributed by atoms with E-state index in [2.05, 4.69) is 0 Å². The number of anilines is 3. The van der Waals surface area contributed by atoms with Gasteiger partial charge in [-0.05, 0) is 42.8 Å². The molecule has 0 fully saturated rings. The maximum absolute atomic E-state index is 13.7. The molecule has 5 rings (SSSR count). The van der Waals surface area contributed by atoms with Crippen LogP contribution < -0.4 is 19.3 Å². The lowest BCUT2D eigenvalue weighted by molar-refractivity contribution is 0.0873. The van der Waals surface area contributed by atoms with E-state index in [1.807, 2.05) is 60.4 Å². The summed E-state index contributed by atoms with van der Waals surface area (Å²) in [5.41, 5.74) is 4.00. The van der Waals surface area contributed by atoms with Gasteiger partial charge in [-0.2, -0.15) is 0 Å². The number of benzene rings is 3. The molecule has 150 valence electrons. The summed E-state index contributed by atoms with van der Waals surface area (Å²) in [5.74, 6) is 0.247. The van der Waals surface area contributed by atoms with Gasteiger partial charge in [-0.1, -0.05) is 30.3 Å². The van der Waals surface area contributed by atoms with Gasteiger partial charge < -0.3 is 14.4 Å². The first-order valence-corrected chi connectivity index (χ1v) is 9.65. The number of Topliss-reactive ketones (excluding diaryl/α,β-unsaturated/α-hetero) is 1. The molecule has 0 spiro atoms. The van der Waals surface area contributed by atoms with Crippen LogP contribution in [0.2, 0.25) is 0 Å². The van der Waals surface area contributed by atoms with E-state index in [-0.39, 0.29) is 23.0 Å². The number of para-hydroxylation sites is 3. The standard InChI is InChI=1S/C24H20N2O4/c1-14-8-4-5-9-16(14)25-17-10-6-7-11-18(17)26-23(25)21(27)15-12-13-19(29-2)22(30-3)20(15)24(26)28/h4-13,23H,1-3H3. The predicted octanol–water partition coefficient (Wildman–Crippen LogP) is 4.33. The summed E-state index contributed by atoms with van der Waals surface area (Å²) in [5, 5.41) is 0. The van der Waals surface area contributed by atoms with Gasteiger partial charge in [-0.3, -0.25) is 14.5 Å². The van der Waals surface area contributed by atoms with Crippen molar-refractivity contribution < 1.29 is 19.1 Å². The van der Waals surface area contributed by atoms with Crippen LogP contribution in [0.4, 0.5) is 17.1 Å². The van der Waals surface area contributed by atoms with Crippen LogP contribution in [-0.4, -0.2) is 32.1 Å². The van der Waals surface area contributed by atoms with Crippen LogP contribution >= 0.6 is 0 Å². The number of hydrogen-bond donors (Lipinski definition) is 0. The zero-order valence-electron chi connectivity index (χ0n) is 16.9. The van der Waals surface area contributed by atoms with Crippen molar-refractivity contribution in [1.82, 2.24) is 0 Å². The highest BCUT2D eigenvalue weighted by molar-refractivity contribution is 6.27. The fourth-order valence-electron chi connectivity index (χ4n) is 4.40. The van der Waals surface area contributed by atoms with Crippen molar-refractivity contribution in [1.29, 1.82) is 0 Å². The van der Waals surface area contributed by atoms with Crippen LogP contribution in [0.25, 0.3) is 0 Å². The lowest BCUT2D eigenvalue weighted by Crippen LogP contribution is -2.53. The molecule has 0 N–H and O–H groups in total. The summed E-state index contributed by atoms with van der Waals surface area (Å²) in [4.78, 5) is 31.0. The molecule has 6 heteroatoms. The van der Waals surface area contributed by atoms with Gasteiger partial charge in [-0.15, -0.1) is 0 Å². The van der Waals surface area contributed by atoms with Crippen molar-refractivity contribution in [2.45, 2.75) is 13.1 Å². The van der Waals surface area contributed by atoms with Gasteiger partial charge in [-0.25, -0.2) is 0 Å². The molecule has 1 unspecified atom stereocenters. The highest BCUT2D eigenvalue weighted by atomic mass is 16.5. The zero-order valence-corrected chi connectivity index (χ0v) is 16.9. The Bertz CT molecular complexity index is 1200. The molecule has 3 aromatic carbocycles. The number of methoxy groups -OCH3 is 2. The number of rotatable bonds is 3. The topological polar surface area (TPSA) is 59.1 Å². The molecule has 2 heterocycles. The van der Waals surface area contributed by atoms with Crippen molar-refractivity contribution in [2.24, 2.45) is 0 Å². The van der Waals surface area contributed by atoms with Crippen molar-refractivity contribution in [3.63, 3.8) is 0 Å². The van der Waals surface area contributed by atoms with Crippen molar-refractivity contribution in [3.8, 4) is 11.5 Å². The highest BCUT2D eigenvalue weighted by Gasteiger charge is 2.50. The number of carbonyl (C=O) groups excluding carboxylic acids is 2. The van der Waals surface area contributed by atoms with Gasteiger partial charge in [0, 0.05) is 11.3 Å². The molecule has 1 atom stereocenters. The smallest absolute Gasteiger partial charge is 0.265 e. The van der Waals surface area contributed by atoms with Gasteiger partial charge in [0.2, 0.25) is 5.78 Å². The fraction of sp³-hybridized carbons (Fsp3) is 0.167. The third-order valence-corrected chi connectivity index (χ3v) is 5.74. The summed E-state index contributed by atoms with van der Waals surface area (Å²) in [6.07, 6.45) is -0.790. The number of nitrogens with zero attached hydrogens (tertiary/aromatic N) is 2. The average Bonchev–Trinajstić information content (AvgIpc) is 3.12. The molecular formula is C24H20N2O4. The van der Waals surface area contributed by atoms with E-state index in [9.17, 15) is 9.59 Å².